The molecule has 2 N–H and O–H groups in total. The van der Waals surface area contributed by atoms with Crippen molar-refractivity contribution in [2.75, 3.05) is 19.7 Å². The molecule has 0 spiro atoms. The molecule has 1 aliphatic carbocycles. The first-order valence-electron chi connectivity index (χ1n) is 8.94. The van der Waals surface area contributed by atoms with Crippen molar-refractivity contribution in [3.8, 4) is 0 Å². The van der Waals surface area contributed by atoms with Gasteiger partial charge in [0.25, 0.3) is 0 Å². The van der Waals surface area contributed by atoms with E-state index >= 15 is 0 Å². The average molecular weight is 282 g/mol. The lowest BCUT2D eigenvalue weighted by atomic mass is 9.88. The molecule has 1 heterocycles. The van der Waals surface area contributed by atoms with Gasteiger partial charge >= 0.3 is 0 Å². The zero-order valence-electron chi connectivity index (χ0n) is 13.4. The molecule has 2 rings (SSSR count). The van der Waals surface area contributed by atoms with Gasteiger partial charge in [-0.1, -0.05) is 51.9 Å². The lowest BCUT2D eigenvalue weighted by Crippen LogP contribution is -2.57. The summed E-state index contributed by atoms with van der Waals surface area (Å²) in [4.78, 5) is 2.70. The van der Waals surface area contributed by atoms with Crippen molar-refractivity contribution in [3.63, 3.8) is 0 Å². The molecule has 3 unspecified atom stereocenters. The Morgan fingerprint density at radius 3 is 2.75 bits per heavy atom. The first-order chi connectivity index (χ1) is 9.86. The quantitative estimate of drug-likeness (QED) is 0.694. The first kappa shape index (κ1) is 16.3. The fraction of sp³-hybridized carbons (Fsp3) is 1.00. The van der Waals surface area contributed by atoms with Crippen LogP contribution in [0.3, 0.4) is 0 Å². The highest BCUT2D eigenvalue weighted by Crippen LogP contribution is 2.30. The van der Waals surface area contributed by atoms with Gasteiger partial charge in [0.1, 0.15) is 0 Å². The Morgan fingerprint density at radius 1 is 1.15 bits per heavy atom. The summed E-state index contributed by atoms with van der Waals surface area (Å²) < 4.78 is 5.98. The van der Waals surface area contributed by atoms with E-state index in [4.69, 9.17) is 10.5 Å². The van der Waals surface area contributed by atoms with Crippen LogP contribution in [0.2, 0.25) is 0 Å². The van der Waals surface area contributed by atoms with Crippen molar-refractivity contribution in [3.05, 3.63) is 0 Å². The van der Waals surface area contributed by atoms with E-state index in [-0.39, 0.29) is 0 Å². The second kappa shape index (κ2) is 9.01. The Bertz CT molecular complexity index is 257. The van der Waals surface area contributed by atoms with Gasteiger partial charge in [0.15, 0.2) is 0 Å². The summed E-state index contributed by atoms with van der Waals surface area (Å²) in [6.07, 6.45) is 13.9. The third kappa shape index (κ3) is 4.44. The van der Waals surface area contributed by atoms with Crippen LogP contribution in [0.1, 0.15) is 71.1 Å². The van der Waals surface area contributed by atoms with Crippen molar-refractivity contribution in [2.24, 2.45) is 5.73 Å². The molecule has 1 saturated heterocycles. The Balaban J connectivity index is 1.79. The van der Waals surface area contributed by atoms with Crippen LogP contribution < -0.4 is 5.73 Å². The van der Waals surface area contributed by atoms with Crippen LogP contribution in [-0.4, -0.2) is 42.8 Å². The predicted molar refractivity (Wildman–Crippen MR) is 84.9 cm³/mol. The van der Waals surface area contributed by atoms with E-state index in [2.05, 4.69) is 11.8 Å². The largest absolute Gasteiger partial charge is 0.375 e. The van der Waals surface area contributed by atoms with E-state index in [1.165, 1.54) is 64.2 Å². The van der Waals surface area contributed by atoms with Gasteiger partial charge in [-0.3, -0.25) is 4.90 Å². The lowest BCUT2D eigenvalue weighted by Gasteiger charge is -2.47. The highest BCUT2D eigenvalue weighted by molar-refractivity contribution is 4.90. The summed E-state index contributed by atoms with van der Waals surface area (Å²) in [6, 6.07) is 1.24. The highest BCUT2D eigenvalue weighted by atomic mass is 16.5. The molecule has 3 atom stereocenters. The number of hydrogen-bond acceptors (Lipinski definition) is 3. The van der Waals surface area contributed by atoms with Gasteiger partial charge in [-0.15, -0.1) is 0 Å². The SMILES string of the molecule is CCCCCCCC(CN)N1CCOC2CCCCC21. The van der Waals surface area contributed by atoms with Gasteiger partial charge in [-0.05, 0) is 19.3 Å². The highest BCUT2D eigenvalue weighted by Gasteiger charge is 2.36. The Morgan fingerprint density at radius 2 is 1.95 bits per heavy atom. The number of ether oxygens (including phenoxy) is 1. The maximum absolute atomic E-state index is 6.08. The summed E-state index contributed by atoms with van der Waals surface area (Å²) in [5.74, 6) is 0. The van der Waals surface area contributed by atoms with Crippen molar-refractivity contribution in [1.82, 2.24) is 4.90 Å². The average Bonchev–Trinajstić information content (AvgIpc) is 2.51. The minimum Gasteiger partial charge on any atom is -0.375 e. The molecule has 0 aromatic heterocycles. The maximum atomic E-state index is 6.08. The first-order valence-corrected chi connectivity index (χ1v) is 8.94. The van der Waals surface area contributed by atoms with Crippen LogP contribution in [-0.2, 0) is 4.74 Å². The van der Waals surface area contributed by atoms with Gasteiger partial charge in [0.2, 0.25) is 0 Å². The summed E-state index contributed by atoms with van der Waals surface area (Å²) in [6.45, 7) is 5.10. The Labute approximate surface area is 125 Å². The minimum absolute atomic E-state index is 0.492. The zero-order chi connectivity index (χ0) is 14.2. The van der Waals surface area contributed by atoms with E-state index in [0.29, 0.717) is 18.2 Å². The topological polar surface area (TPSA) is 38.5 Å². The van der Waals surface area contributed by atoms with Gasteiger partial charge in [0.05, 0.1) is 12.7 Å². The molecule has 20 heavy (non-hydrogen) atoms. The van der Waals surface area contributed by atoms with Crippen LogP contribution in [0, 0.1) is 0 Å². The van der Waals surface area contributed by atoms with Crippen LogP contribution in [0.25, 0.3) is 0 Å². The number of nitrogens with zero attached hydrogens (tertiary/aromatic N) is 1. The van der Waals surface area contributed by atoms with Gasteiger partial charge < -0.3 is 10.5 Å². The molecule has 0 radical (unpaired) electrons. The van der Waals surface area contributed by atoms with Crippen LogP contribution in [0.15, 0.2) is 0 Å². The number of fused-ring (bicyclic) bond motifs is 1. The molecular formula is C17H34N2O. The third-order valence-electron chi connectivity index (χ3n) is 5.16. The van der Waals surface area contributed by atoms with Gasteiger partial charge in [-0.25, -0.2) is 0 Å². The minimum atomic E-state index is 0.492. The zero-order valence-corrected chi connectivity index (χ0v) is 13.4. The molecule has 3 nitrogen and oxygen atoms in total. The molecule has 2 aliphatic rings. The van der Waals surface area contributed by atoms with Crippen molar-refractivity contribution in [1.29, 1.82) is 0 Å². The number of rotatable bonds is 8. The number of nitrogens with two attached hydrogens (primary N) is 1. The summed E-state index contributed by atoms with van der Waals surface area (Å²) in [5.41, 5.74) is 6.08. The Hall–Kier alpha value is -0.120. The number of unbranched alkanes of at least 4 members (excludes halogenated alkanes) is 4. The molecule has 0 bridgehead atoms. The predicted octanol–water partition coefficient (Wildman–Crippen LogP) is 3.32. The van der Waals surface area contributed by atoms with Crippen LogP contribution in [0.4, 0.5) is 0 Å². The van der Waals surface area contributed by atoms with Gasteiger partial charge in [0, 0.05) is 25.2 Å². The van der Waals surface area contributed by atoms with Crippen LogP contribution >= 0.6 is 0 Å². The van der Waals surface area contributed by atoms with E-state index in [9.17, 15) is 0 Å². The second-order valence-electron chi connectivity index (χ2n) is 6.59. The smallest absolute Gasteiger partial charge is 0.0731 e. The molecule has 0 amide bonds. The molecule has 118 valence electrons. The summed E-state index contributed by atoms with van der Waals surface area (Å²) in [7, 11) is 0. The number of morpholine rings is 1. The van der Waals surface area contributed by atoms with Crippen molar-refractivity contribution < 1.29 is 4.74 Å². The van der Waals surface area contributed by atoms with Gasteiger partial charge in [-0.2, -0.15) is 0 Å². The second-order valence-corrected chi connectivity index (χ2v) is 6.59. The molecule has 1 aliphatic heterocycles. The molecule has 0 aromatic carbocycles. The van der Waals surface area contributed by atoms with Crippen molar-refractivity contribution in [2.45, 2.75) is 89.3 Å². The third-order valence-corrected chi connectivity index (χ3v) is 5.16. The van der Waals surface area contributed by atoms with E-state index in [0.717, 1.165) is 19.7 Å². The van der Waals surface area contributed by atoms with E-state index < -0.39 is 0 Å². The summed E-state index contributed by atoms with van der Waals surface area (Å²) >= 11 is 0. The lowest BCUT2D eigenvalue weighted by molar-refractivity contribution is -0.102. The molecule has 0 aromatic rings. The van der Waals surface area contributed by atoms with E-state index in [1.54, 1.807) is 0 Å². The standard InChI is InChI=1S/C17H34N2O/c1-2-3-4-5-6-9-15(14-18)19-12-13-20-17-11-8-7-10-16(17)19/h15-17H,2-14,18H2,1H3. The molecule has 3 heteroatoms. The fourth-order valence-corrected chi connectivity index (χ4v) is 3.98. The number of hydrogen-bond donors (Lipinski definition) is 1. The molecular weight excluding hydrogens is 248 g/mol. The molecule has 1 saturated carbocycles. The van der Waals surface area contributed by atoms with Crippen LogP contribution in [0.5, 0.6) is 0 Å². The summed E-state index contributed by atoms with van der Waals surface area (Å²) in [5, 5.41) is 0. The van der Waals surface area contributed by atoms with E-state index in [1.807, 2.05) is 0 Å². The maximum Gasteiger partial charge on any atom is 0.0731 e. The normalized spacial score (nSPS) is 29.1. The van der Waals surface area contributed by atoms with Crippen molar-refractivity contribution >= 4 is 0 Å². The fourth-order valence-electron chi connectivity index (χ4n) is 3.98. The monoisotopic (exact) mass is 282 g/mol. The molecule has 2 fully saturated rings. The Kier molecular flexibility index (Phi) is 7.32.